The Morgan fingerprint density at radius 1 is 1.71 bits per heavy atom. The Bertz CT molecular complexity index is 309. The van der Waals surface area contributed by atoms with E-state index in [1.807, 2.05) is 6.92 Å². The standard InChI is InChI=1S/C8H12N4OS/c1-5(7(13)12-6-2-3-6)11-8-9-4-10-14-8/h4-6H,2-3H2,1H3,(H,12,13)(H,9,10,11). The molecule has 0 aromatic carbocycles. The minimum Gasteiger partial charge on any atom is -0.352 e. The van der Waals surface area contributed by atoms with Gasteiger partial charge in [-0.3, -0.25) is 4.79 Å². The second-order valence-electron chi connectivity index (χ2n) is 3.40. The van der Waals surface area contributed by atoms with E-state index in [0.29, 0.717) is 11.2 Å². The van der Waals surface area contributed by atoms with Gasteiger partial charge in [-0.15, -0.1) is 0 Å². The number of nitrogens with one attached hydrogen (secondary N) is 2. The molecule has 5 nitrogen and oxygen atoms in total. The van der Waals surface area contributed by atoms with Gasteiger partial charge in [0, 0.05) is 17.6 Å². The summed E-state index contributed by atoms with van der Waals surface area (Å²) in [5.41, 5.74) is 0. The number of rotatable bonds is 4. The van der Waals surface area contributed by atoms with Gasteiger partial charge in [0.25, 0.3) is 0 Å². The Hall–Kier alpha value is -1.17. The SMILES string of the molecule is CC(Nc1ncns1)C(=O)NC1CC1. The van der Waals surface area contributed by atoms with E-state index in [2.05, 4.69) is 20.0 Å². The van der Waals surface area contributed by atoms with Crippen molar-refractivity contribution in [3.63, 3.8) is 0 Å². The number of amides is 1. The summed E-state index contributed by atoms with van der Waals surface area (Å²) in [6.07, 6.45) is 3.69. The van der Waals surface area contributed by atoms with Crippen molar-refractivity contribution >= 4 is 22.6 Å². The molecule has 2 rings (SSSR count). The largest absolute Gasteiger partial charge is 0.352 e. The Morgan fingerprint density at radius 3 is 3.07 bits per heavy atom. The number of nitrogens with zero attached hydrogens (tertiary/aromatic N) is 2. The molecule has 1 aromatic rings. The van der Waals surface area contributed by atoms with Gasteiger partial charge in [-0.1, -0.05) is 0 Å². The van der Waals surface area contributed by atoms with Crippen LogP contribution in [0.4, 0.5) is 5.13 Å². The lowest BCUT2D eigenvalue weighted by atomic mass is 10.3. The van der Waals surface area contributed by atoms with Gasteiger partial charge in [-0.25, -0.2) is 4.98 Å². The van der Waals surface area contributed by atoms with Crippen molar-refractivity contribution in [2.75, 3.05) is 5.32 Å². The monoisotopic (exact) mass is 212 g/mol. The molecule has 1 aromatic heterocycles. The van der Waals surface area contributed by atoms with Crippen LogP contribution in [0.2, 0.25) is 0 Å². The summed E-state index contributed by atoms with van der Waals surface area (Å²) in [5.74, 6) is 0.0303. The van der Waals surface area contributed by atoms with Gasteiger partial charge in [0.05, 0.1) is 0 Å². The highest BCUT2D eigenvalue weighted by molar-refractivity contribution is 7.09. The third kappa shape index (κ3) is 2.41. The van der Waals surface area contributed by atoms with E-state index in [1.165, 1.54) is 17.9 Å². The van der Waals surface area contributed by atoms with E-state index >= 15 is 0 Å². The predicted octanol–water partition coefficient (Wildman–Crippen LogP) is 0.617. The molecule has 1 aliphatic rings. The first-order valence-corrected chi connectivity index (χ1v) is 5.36. The van der Waals surface area contributed by atoms with Gasteiger partial charge in [-0.2, -0.15) is 4.37 Å². The lowest BCUT2D eigenvalue weighted by molar-refractivity contribution is -0.121. The zero-order valence-corrected chi connectivity index (χ0v) is 8.67. The third-order valence-electron chi connectivity index (χ3n) is 2.02. The zero-order valence-electron chi connectivity index (χ0n) is 7.86. The van der Waals surface area contributed by atoms with Gasteiger partial charge in [0.1, 0.15) is 12.4 Å². The average Bonchev–Trinajstić information content (AvgIpc) is 2.81. The molecular formula is C8H12N4OS. The molecule has 6 heteroatoms. The van der Waals surface area contributed by atoms with Crippen LogP contribution >= 0.6 is 11.5 Å². The number of hydrogen-bond donors (Lipinski definition) is 2. The van der Waals surface area contributed by atoms with Crippen LogP contribution in [0.15, 0.2) is 6.33 Å². The highest BCUT2D eigenvalue weighted by Gasteiger charge is 2.25. The second kappa shape index (κ2) is 3.91. The first-order valence-electron chi connectivity index (χ1n) is 4.59. The molecule has 1 amide bonds. The van der Waals surface area contributed by atoms with Crippen LogP contribution in [-0.2, 0) is 4.79 Å². The average molecular weight is 212 g/mol. The molecule has 1 atom stereocenters. The molecule has 0 bridgehead atoms. The lowest BCUT2D eigenvalue weighted by Crippen LogP contribution is -2.38. The summed E-state index contributed by atoms with van der Waals surface area (Å²) < 4.78 is 3.84. The molecule has 0 aliphatic heterocycles. The van der Waals surface area contributed by atoms with Crippen LogP contribution in [0, 0.1) is 0 Å². The lowest BCUT2D eigenvalue weighted by Gasteiger charge is -2.11. The van der Waals surface area contributed by atoms with Crippen molar-refractivity contribution in [2.45, 2.75) is 31.8 Å². The fraction of sp³-hybridized carbons (Fsp3) is 0.625. The molecule has 0 radical (unpaired) electrons. The van der Waals surface area contributed by atoms with Gasteiger partial charge in [0.2, 0.25) is 11.0 Å². The fourth-order valence-electron chi connectivity index (χ4n) is 1.04. The van der Waals surface area contributed by atoms with Crippen LogP contribution < -0.4 is 10.6 Å². The predicted molar refractivity (Wildman–Crippen MR) is 54.2 cm³/mol. The number of anilines is 1. The van der Waals surface area contributed by atoms with Crippen LogP contribution in [0.1, 0.15) is 19.8 Å². The third-order valence-corrected chi connectivity index (χ3v) is 2.61. The molecule has 2 N–H and O–H groups in total. The van der Waals surface area contributed by atoms with Crippen molar-refractivity contribution in [3.8, 4) is 0 Å². The normalized spacial score (nSPS) is 17.5. The Kier molecular flexibility index (Phi) is 2.62. The molecule has 0 saturated heterocycles. The molecule has 14 heavy (non-hydrogen) atoms. The Balaban J connectivity index is 1.81. The minimum atomic E-state index is -0.247. The smallest absolute Gasteiger partial charge is 0.242 e. The Morgan fingerprint density at radius 2 is 2.50 bits per heavy atom. The van der Waals surface area contributed by atoms with Crippen molar-refractivity contribution in [1.82, 2.24) is 14.7 Å². The first-order chi connectivity index (χ1) is 6.75. The second-order valence-corrected chi connectivity index (χ2v) is 4.18. The Labute approximate surface area is 86.1 Å². The van der Waals surface area contributed by atoms with Crippen LogP contribution in [0.5, 0.6) is 0 Å². The summed E-state index contributed by atoms with van der Waals surface area (Å²) in [6.45, 7) is 1.82. The number of hydrogen-bond acceptors (Lipinski definition) is 5. The van der Waals surface area contributed by atoms with Crippen LogP contribution in [0.25, 0.3) is 0 Å². The maximum Gasteiger partial charge on any atom is 0.242 e. The number of carbonyl (C=O) groups is 1. The summed E-state index contributed by atoms with van der Waals surface area (Å²) >= 11 is 1.25. The van der Waals surface area contributed by atoms with Crippen molar-refractivity contribution in [3.05, 3.63) is 6.33 Å². The summed E-state index contributed by atoms with van der Waals surface area (Å²) in [5, 5.41) is 6.59. The van der Waals surface area contributed by atoms with Gasteiger partial charge in [-0.05, 0) is 19.8 Å². The van der Waals surface area contributed by atoms with E-state index in [0.717, 1.165) is 12.8 Å². The van der Waals surface area contributed by atoms with E-state index < -0.39 is 0 Å². The van der Waals surface area contributed by atoms with Crippen LogP contribution in [0.3, 0.4) is 0 Å². The quantitative estimate of drug-likeness (QED) is 0.767. The minimum absolute atomic E-state index is 0.0303. The van der Waals surface area contributed by atoms with Crippen LogP contribution in [-0.4, -0.2) is 27.3 Å². The van der Waals surface area contributed by atoms with Crippen molar-refractivity contribution < 1.29 is 4.79 Å². The maximum absolute atomic E-state index is 11.5. The highest BCUT2D eigenvalue weighted by atomic mass is 32.1. The molecule has 0 spiro atoms. The summed E-state index contributed by atoms with van der Waals surface area (Å²) in [4.78, 5) is 15.5. The van der Waals surface area contributed by atoms with Crippen molar-refractivity contribution in [1.29, 1.82) is 0 Å². The van der Waals surface area contributed by atoms with Crippen molar-refractivity contribution in [2.24, 2.45) is 0 Å². The molecule has 1 unspecified atom stereocenters. The van der Waals surface area contributed by atoms with E-state index in [1.54, 1.807) is 0 Å². The van der Waals surface area contributed by atoms with E-state index in [-0.39, 0.29) is 11.9 Å². The molecule has 1 fully saturated rings. The molecular weight excluding hydrogens is 200 g/mol. The molecule has 1 heterocycles. The number of carbonyl (C=O) groups excluding carboxylic acids is 1. The van der Waals surface area contributed by atoms with E-state index in [4.69, 9.17) is 0 Å². The van der Waals surface area contributed by atoms with Gasteiger partial charge in [0.15, 0.2) is 0 Å². The topological polar surface area (TPSA) is 66.9 Å². The maximum atomic E-state index is 11.5. The molecule has 1 aliphatic carbocycles. The fourth-order valence-corrected chi connectivity index (χ4v) is 1.56. The zero-order chi connectivity index (χ0) is 9.97. The molecule has 76 valence electrons. The first kappa shape index (κ1) is 9.39. The number of aromatic nitrogens is 2. The van der Waals surface area contributed by atoms with Gasteiger partial charge >= 0.3 is 0 Å². The highest BCUT2D eigenvalue weighted by Crippen LogP contribution is 2.19. The van der Waals surface area contributed by atoms with E-state index in [9.17, 15) is 4.79 Å². The molecule has 1 saturated carbocycles. The summed E-state index contributed by atoms with van der Waals surface area (Å²) in [7, 11) is 0. The summed E-state index contributed by atoms with van der Waals surface area (Å²) in [6, 6.07) is 0.157. The van der Waals surface area contributed by atoms with Gasteiger partial charge < -0.3 is 10.6 Å².